The second kappa shape index (κ2) is 6.74. The maximum absolute atomic E-state index is 10.1. The van der Waals surface area contributed by atoms with Crippen LogP contribution in [0.2, 0.25) is 0 Å². The number of aliphatic hydroxyl groups excluding tert-OH is 1. The van der Waals surface area contributed by atoms with E-state index in [1.807, 2.05) is 18.2 Å². The first-order valence-electron chi connectivity index (χ1n) is 6.76. The molecule has 108 valence electrons. The summed E-state index contributed by atoms with van der Waals surface area (Å²) in [5.74, 6) is 0.754. The monoisotopic (exact) mass is 307 g/mol. The van der Waals surface area contributed by atoms with Gasteiger partial charge >= 0.3 is 0 Å². The molecule has 2 rings (SSSR count). The summed E-state index contributed by atoms with van der Waals surface area (Å²) in [4.78, 5) is 4.61. The summed E-state index contributed by atoms with van der Waals surface area (Å²) in [5, 5.41) is 13.2. The summed E-state index contributed by atoms with van der Waals surface area (Å²) in [5.41, 5.74) is 2.13. The fraction of sp³-hybridized carbons (Fsp3) is 0.438. The van der Waals surface area contributed by atoms with E-state index in [1.165, 1.54) is 0 Å². The van der Waals surface area contributed by atoms with E-state index in [1.54, 1.807) is 23.1 Å². The number of hydrogen-bond donors (Lipinski definition) is 1. The summed E-state index contributed by atoms with van der Waals surface area (Å²) in [6.45, 7) is 6.50. The van der Waals surface area contributed by atoms with Gasteiger partial charge in [-0.1, -0.05) is 51.1 Å². The van der Waals surface area contributed by atoms with Crippen molar-refractivity contribution in [2.75, 3.05) is 5.75 Å². The molecular formula is C16H21NOS2. The number of thioether (sulfide) groups is 1. The predicted octanol–water partition coefficient (Wildman–Crippen LogP) is 4.25. The third-order valence-electron chi connectivity index (χ3n) is 2.74. The van der Waals surface area contributed by atoms with Crippen LogP contribution < -0.4 is 0 Å². The molecule has 0 radical (unpaired) electrons. The number of hydrogen-bond acceptors (Lipinski definition) is 4. The van der Waals surface area contributed by atoms with Crippen molar-refractivity contribution in [1.29, 1.82) is 0 Å². The molecule has 0 amide bonds. The van der Waals surface area contributed by atoms with E-state index in [4.69, 9.17) is 0 Å². The lowest BCUT2D eigenvalue weighted by Gasteiger charge is -2.19. The lowest BCUT2D eigenvalue weighted by molar-refractivity contribution is 0.199. The fourth-order valence-electron chi connectivity index (χ4n) is 1.75. The molecule has 2 nitrogen and oxygen atoms in total. The molecule has 2 aromatic rings. The lowest BCUT2D eigenvalue weighted by Crippen LogP contribution is -2.18. The van der Waals surface area contributed by atoms with Gasteiger partial charge in [0.05, 0.1) is 16.8 Å². The molecule has 4 heteroatoms. The highest BCUT2D eigenvalue weighted by atomic mass is 32.2. The smallest absolute Gasteiger partial charge is 0.0958 e. The Morgan fingerprint density at radius 2 is 1.95 bits per heavy atom. The zero-order chi connectivity index (χ0) is 14.6. The van der Waals surface area contributed by atoms with Crippen LogP contribution in [0.25, 0.3) is 11.3 Å². The predicted molar refractivity (Wildman–Crippen MR) is 89.5 cm³/mol. The number of thiazole rings is 1. The van der Waals surface area contributed by atoms with Gasteiger partial charge in [0.2, 0.25) is 0 Å². The van der Waals surface area contributed by atoms with E-state index in [9.17, 15) is 5.11 Å². The van der Waals surface area contributed by atoms with Crippen molar-refractivity contribution in [2.24, 2.45) is 0 Å². The molecule has 0 aliphatic rings. The van der Waals surface area contributed by atoms with Crippen LogP contribution in [0.1, 0.15) is 25.8 Å². The molecule has 1 unspecified atom stereocenters. The van der Waals surface area contributed by atoms with Gasteiger partial charge in [-0.25, -0.2) is 4.98 Å². The molecule has 0 aliphatic heterocycles. The van der Waals surface area contributed by atoms with E-state index in [2.05, 4.69) is 43.3 Å². The van der Waals surface area contributed by atoms with Crippen LogP contribution in [0.5, 0.6) is 0 Å². The molecule has 0 saturated heterocycles. The highest BCUT2D eigenvalue weighted by Gasteiger charge is 2.15. The van der Waals surface area contributed by atoms with E-state index >= 15 is 0 Å². The normalized spacial score (nSPS) is 13.4. The van der Waals surface area contributed by atoms with Gasteiger partial charge in [0, 0.05) is 27.9 Å². The minimum absolute atomic E-state index is 0.194. The molecule has 1 aromatic heterocycles. The Kier molecular flexibility index (Phi) is 5.24. The molecule has 20 heavy (non-hydrogen) atoms. The van der Waals surface area contributed by atoms with Gasteiger partial charge in [-0.15, -0.1) is 11.3 Å². The Balaban J connectivity index is 1.93. The Labute approximate surface area is 129 Å². The first kappa shape index (κ1) is 15.5. The molecule has 0 bridgehead atoms. The quantitative estimate of drug-likeness (QED) is 0.896. The van der Waals surface area contributed by atoms with E-state index in [0.29, 0.717) is 6.42 Å². The van der Waals surface area contributed by atoms with Crippen LogP contribution in [0.4, 0.5) is 0 Å². The zero-order valence-electron chi connectivity index (χ0n) is 12.2. The number of aromatic nitrogens is 1. The summed E-state index contributed by atoms with van der Waals surface area (Å²) in [6.07, 6.45) is 0.314. The van der Waals surface area contributed by atoms with Crippen molar-refractivity contribution in [1.82, 2.24) is 4.98 Å². The minimum atomic E-state index is -0.325. The van der Waals surface area contributed by atoms with Crippen LogP contribution in [-0.2, 0) is 6.42 Å². The van der Waals surface area contributed by atoms with Crippen molar-refractivity contribution in [3.05, 3.63) is 40.7 Å². The number of rotatable bonds is 5. The Bertz CT molecular complexity index is 531. The van der Waals surface area contributed by atoms with Gasteiger partial charge in [-0.3, -0.25) is 0 Å². The Morgan fingerprint density at radius 3 is 2.60 bits per heavy atom. The molecule has 0 aliphatic carbocycles. The topological polar surface area (TPSA) is 33.1 Å². The van der Waals surface area contributed by atoms with Crippen LogP contribution in [0.15, 0.2) is 35.7 Å². The van der Waals surface area contributed by atoms with Crippen molar-refractivity contribution < 1.29 is 5.11 Å². The highest BCUT2D eigenvalue weighted by Crippen LogP contribution is 2.26. The minimum Gasteiger partial charge on any atom is -0.392 e. The van der Waals surface area contributed by atoms with Gasteiger partial charge < -0.3 is 5.11 Å². The molecule has 0 saturated carbocycles. The SMILES string of the molecule is CC(C)(C)SCC(O)Cc1nc(-c2ccccc2)cs1. The van der Waals surface area contributed by atoms with Crippen LogP contribution >= 0.6 is 23.1 Å². The van der Waals surface area contributed by atoms with Crippen molar-refractivity contribution in [3.63, 3.8) is 0 Å². The van der Waals surface area contributed by atoms with Crippen LogP contribution in [0, 0.1) is 0 Å². The van der Waals surface area contributed by atoms with Gasteiger partial charge in [-0.05, 0) is 0 Å². The van der Waals surface area contributed by atoms with Crippen LogP contribution in [0.3, 0.4) is 0 Å². The molecule has 1 atom stereocenters. The highest BCUT2D eigenvalue weighted by molar-refractivity contribution is 8.00. The average Bonchev–Trinajstić information content (AvgIpc) is 2.85. The molecule has 1 heterocycles. The average molecular weight is 307 g/mol. The second-order valence-corrected chi connectivity index (χ2v) is 8.56. The second-order valence-electron chi connectivity index (χ2n) is 5.77. The lowest BCUT2D eigenvalue weighted by atomic mass is 10.2. The summed E-state index contributed by atoms with van der Waals surface area (Å²) < 4.78 is 0.194. The third-order valence-corrected chi connectivity index (χ3v) is 5.03. The van der Waals surface area contributed by atoms with Crippen molar-refractivity contribution >= 4 is 23.1 Å². The van der Waals surface area contributed by atoms with Crippen LogP contribution in [-0.4, -0.2) is 26.7 Å². The van der Waals surface area contributed by atoms with Gasteiger partial charge in [0.15, 0.2) is 0 Å². The van der Waals surface area contributed by atoms with Gasteiger partial charge in [0.25, 0.3) is 0 Å². The van der Waals surface area contributed by atoms with Gasteiger partial charge in [-0.2, -0.15) is 11.8 Å². The molecular weight excluding hydrogens is 286 g/mol. The standard InChI is InChI=1S/C16H21NOS2/c1-16(2,3)20-10-13(18)9-15-17-14(11-19-15)12-7-5-4-6-8-12/h4-8,11,13,18H,9-10H2,1-3H3. The Hall–Kier alpha value is -0.840. The van der Waals surface area contributed by atoms with E-state index < -0.39 is 0 Å². The number of nitrogens with zero attached hydrogens (tertiary/aromatic N) is 1. The molecule has 1 N–H and O–H groups in total. The largest absolute Gasteiger partial charge is 0.392 e. The van der Waals surface area contributed by atoms with E-state index in [-0.39, 0.29) is 10.9 Å². The third kappa shape index (κ3) is 4.93. The summed E-state index contributed by atoms with van der Waals surface area (Å²) in [7, 11) is 0. The van der Waals surface area contributed by atoms with Crippen molar-refractivity contribution in [2.45, 2.75) is 38.0 Å². The summed E-state index contributed by atoms with van der Waals surface area (Å²) >= 11 is 3.42. The Morgan fingerprint density at radius 1 is 1.25 bits per heavy atom. The van der Waals surface area contributed by atoms with Gasteiger partial charge in [0.1, 0.15) is 0 Å². The van der Waals surface area contributed by atoms with Crippen molar-refractivity contribution in [3.8, 4) is 11.3 Å². The summed E-state index contributed by atoms with van der Waals surface area (Å²) in [6, 6.07) is 10.2. The molecule has 0 spiro atoms. The first-order chi connectivity index (χ1) is 9.44. The fourth-order valence-corrected chi connectivity index (χ4v) is 3.44. The molecule has 0 fully saturated rings. The number of aliphatic hydroxyl groups is 1. The number of benzene rings is 1. The zero-order valence-corrected chi connectivity index (χ0v) is 13.8. The maximum Gasteiger partial charge on any atom is 0.0958 e. The first-order valence-corrected chi connectivity index (χ1v) is 8.62. The molecule has 1 aromatic carbocycles. The van der Waals surface area contributed by atoms with E-state index in [0.717, 1.165) is 22.0 Å². The maximum atomic E-state index is 10.1.